The Morgan fingerprint density at radius 1 is 1.12 bits per heavy atom. The molecule has 4 rings (SSSR count). The van der Waals surface area contributed by atoms with Gasteiger partial charge in [0.05, 0.1) is 5.39 Å². The molecule has 0 bridgehead atoms. The number of aromatic nitrogens is 3. The smallest absolute Gasteiger partial charge is 0.341 e. The zero-order valence-electron chi connectivity index (χ0n) is 13.4. The Hall–Kier alpha value is -3.22. The van der Waals surface area contributed by atoms with Crippen LogP contribution < -0.4 is 10.3 Å². The molecular formula is C18H16N4O3. The number of fused-ring (bicyclic) bond motifs is 1. The van der Waals surface area contributed by atoms with E-state index in [1.807, 2.05) is 30.3 Å². The quantitative estimate of drug-likeness (QED) is 0.788. The van der Waals surface area contributed by atoms with E-state index in [0.29, 0.717) is 11.6 Å². The zero-order valence-corrected chi connectivity index (χ0v) is 13.4. The van der Waals surface area contributed by atoms with Gasteiger partial charge in [0.25, 0.3) is 0 Å². The van der Waals surface area contributed by atoms with Crippen LogP contribution in [0.2, 0.25) is 0 Å². The summed E-state index contributed by atoms with van der Waals surface area (Å²) < 4.78 is 1.64. The second-order valence-corrected chi connectivity index (χ2v) is 5.98. The molecule has 0 atom stereocenters. The monoisotopic (exact) mass is 336 g/mol. The lowest BCUT2D eigenvalue weighted by Crippen LogP contribution is -2.23. The highest BCUT2D eigenvalue weighted by atomic mass is 16.4. The van der Waals surface area contributed by atoms with Gasteiger partial charge >= 0.3 is 5.97 Å². The van der Waals surface area contributed by atoms with Crippen LogP contribution in [0.1, 0.15) is 23.2 Å². The summed E-state index contributed by atoms with van der Waals surface area (Å²) in [6.07, 6.45) is 4.95. The molecule has 0 aliphatic carbocycles. The average Bonchev–Trinajstić information content (AvgIpc) is 3.17. The second-order valence-electron chi connectivity index (χ2n) is 5.98. The van der Waals surface area contributed by atoms with Crippen LogP contribution >= 0.6 is 0 Å². The van der Waals surface area contributed by atoms with Crippen LogP contribution in [0, 0.1) is 0 Å². The molecule has 3 aromatic rings. The summed E-state index contributed by atoms with van der Waals surface area (Å²) in [4.78, 5) is 34.9. The van der Waals surface area contributed by atoms with Crippen molar-refractivity contribution in [1.29, 1.82) is 0 Å². The molecule has 7 nitrogen and oxygen atoms in total. The topological polar surface area (TPSA) is 88.3 Å². The van der Waals surface area contributed by atoms with Crippen molar-refractivity contribution in [2.24, 2.45) is 0 Å². The van der Waals surface area contributed by atoms with Gasteiger partial charge in [0.1, 0.15) is 5.56 Å². The van der Waals surface area contributed by atoms with Crippen molar-refractivity contribution in [3.8, 4) is 5.69 Å². The van der Waals surface area contributed by atoms with Crippen molar-refractivity contribution in [2.75, 3.05) is 18.0 Å². The number of hydrogen-bond donors (Lipinski definition) is 1. The number of carboxylic acids is 1. The molecule has 1 fully saturated rings. The predicted molar refractivity (Wildman–Crippen MR) is 93.5 cm³/mol. The molecule has 3 heterocycles. The summed E-state index contributed by atoms with van der Waals surface area (Å²) in [5.74, 6) is -0.697. The summed E-state index contributed by atoms with van der Waals surface area (Å²) >= 11 is 0. The summed E-state index contributed by atoms with van der Waals surface area (Å²) in [5, 5.41) is 9.56. The highest BCUT2D eigenvalue weighted by Crippen LogP contribution is 2.20. The van der Waals surface area contributed by atoms with E-state index in [1.165, 1.54) is 12.4 Å². The number of carboxylic acid groups (broad SMARTS) is 1. The lowest BCUT2D eigenvalue weighted by atomic mass is 10.2. The molecule has 126 valence electrons. The molecule has 25 heavy (non-hydrogen) atoms. The van der Waals surface area contributed by atoms with Crippen LogP contribution in [-0.2, 0) is 0 Å². The normalized spacial score (nSPS) is 14.2. The van der Waals surface area contributed by atoms with E-state index in [2.05, 4.69) is 14.9 Å². The first-order valence-corrected chi connectivity index (χ1v) is 8.11. The summed E-state index contributed by atoms with van der Waals surface area (Å²) in [6.45, 7) is 1.77. The van der Waals surface area contributed by atoms with Gasteiger partial charge < -0.3 is 14.6 Å². The molecule has 1 saturated heterocycles. The Balaban J connectivity index is 2.02. The minimum absolute atomic E-state index is 0.201. The molecule has 0 amide bonds. The minimum Gasteiger partial charge on any atom is -0.477 e. The highest BCUT2D eigenvalue weighted by molar-refractivity contribution is 5.92. The van der Waals surface area contributed by atoms with Gasteiger partial charge in [0, 0.05) is 31.2 Å². The Morgan fingerprint density at radius 2 is 1.84 bits per heavy atom. The van der Waals surface area contributed by atoms with Gasteiger partial charge in [-0.2, -0.15) is 4.98 Å². The van der Waals surface area contributed by atoms with E-state index < -0.39 is 11.4 Å². The van der Waals surface area contributed by atoms with Gasteiger partial charge in [0.2, 0.25) is 11.4 Å². The maximum Gasteiger partial charge on any atom is 0.341 e. The van der Waals surface area contributed by atoms with Crippen LogP contribution in [0.15, 0.2) is 47.5 Å². The number of aromatic carboxylic acids is 1. The molecule has 1 aromatic carbocycles. The maximum absolute atomic E-state index is 12.5. The third kappa shape index (κ3) is 2.63. The largest absolute Gasteiger partial charge is 0.477 e. The second kappa shape index (κ2) is 6.01. The molecule has 1 aliphatic heterocycles. The van der Waals surface area contributed by atoms with Crippen LogP contribution in [0.5, 0.6) is 0 Å². The van der Waals surface area contributed by atoms with Crippen LogP contribution in [0.3, 0.4) is 0 Å². The van der Waals surface area contributed by atoms with E-state index in [4.69, 9.17) is 0 Å². The highest BCUT2D eigenvalue weighted by Gasteiger charge is 2.20. The Morgan fingerprint density at radius 3 is 2.52 bits per heavy atom. The van der Waals surface area contributed by atoms with Gasteiger partial charge in [-0.05, 0) is 25.0 Å². The van der Waals surface area contributed by atoms with E-state index >= 15 is 0 Å². The molecular weight excluding hydrogens is 320 g/mol. The predicted octanol–water partition coefficient (Wildman–Crippen LogP) is 2.08. The van der Waals surface area contributed by atoms with Gasteiger partial charge in [-0.25, -0.2) is 9.78 Å². The number of anilines is 1. The number of carbonyl (C=O) groups is 1. The molecule has 1 aliphatic rings. The Labute approximate surface area is 143 Å². The average molecular weight is 336 g/mol. The first kappa shape index (κ1) is 15.3. The number of pyridine rings is 1. The van der Waals surface area contributed by atoms with E-state index in [9.17, 15) is 14.7 Å². The van der Waals surface area contributed by atoms with Crippen molar-refractivity contribution in [2.45, 2.75) is 12.8 Å². The van der Waals surface area contributed by atoms with Gasteiger partial charge in [-0.15, -0.1) is 0 Å². The van der Waals surface area contributed by atoms with Crippen LogP contribution in [0.4, 0.5) is 5.95 Å². The summed E-state index contributed by atoms with van der Waals surface area (Å²) in [6, 6.07) is 9.25. The minimum atomic E-state index is -1.26. The number of rotatable bonds is 3. The Kier molecular flexibility index (Phi) is 3.68. The first-order valence-electron chi connectivity index (χ1n) is 8.11. The lowest BCUT2D eigenvalue weighted by Gasteiger charge is -2.17. The van der Waals surface area contributed by atoms with Crippen molar-refractivity contribution >= 4 is 23.0 Å². The van der Waals surface area contributed by atoms with Crippen molar-refractivity contribution < 1.29 is 9.90 Å². The van der Waals surface area contributed by atoms with E-state index in [-0.39, 0.29) is 10.9 Å². The SMILES string of the molecule is O=C(O)c1cn(-c2ccccc2)c2nc(N3CCCC3)ncc2c1=O. The van der Waals surface area contributed by atoms with E-state index in [1.54, 1.807) is 4.57 Å². The van der Waals surface area contributed by atoms with E-state index in [0.717, 1.165) is 31.6 Å². The van der Waals surface area contributed by atoms with Crippen molar-refractivity contribution in [3.63, 3.8) is 0 Å². The van der Waals surface area contributed by atoms with Crippen molar-refractivity contribution in [1.82, 2.24) is 14.5 Å². The van der Waals surface area contributed by atoms with Gasteiger partial charge in [-0.1, -0.05) is 18.2 Å². The summed E-state index contributed by atoms with van der Waals surface area (Å²) in [7, 11) is 0. The number of nitrogens with zero attached hydrogens (tertiary/aromatic N) is 4. The Bertz CT molecular complexity index is 1010. The molecule has 0 radical (unpaired) electrons. The fraction of sp³-hybridized carbons (Fsp3) is 0.222. The van der Waals surface area contributed by atoms with Gasteiger partial charge in [-0.3, -0.25) is 4.79 Å². The number of para-hydroxylation sites is 1. The molecule has 0 saturated carbocycles. The third-order valence-corrected chi connectivity index (χ3v) is 4.39. The van der Waals surface area contributed by atoms with Crippen molar-refractivity contribution in [3.05, 3.63) is 58.5 Å². The molecule has 0 unspecified atom stereocenters. The lowest BCUT2D eigenvalue weighted by molar-refractivity contribution is 0.0695. The molecule has 0 spiro atoms. The molecule has 7 heteroatoms. The first-order chi connectivity index (χ1) is 12.1. The molecule has 2 aromatic heterocycles. The number of hydrogen-bond acceptors (Lipinski definition) is 5. The van der Waals surface area contributed by atoms with Crippen LogP contribution in [0.25, 0.3) is 16.7 Å². The summed E-state index contributed by atoms with van der Waals surface area (Å²) in [5.41, 5.74) is 0.288. The molecule has 1 N–H and O–H groups in total. The standard InChI is InChI=1S/C18H16N4O3/c23-15-13-10-19-18(21-8-4-5-9-21)20-16(13)22(11-14(15)17(24)25)12-6-2-1-3-7-12/h1-3,6-7,10-11H,4-5,8-9H2,(H,24,25). The maximum atomic E-state index is 12.5. The third-order valence-electron chi connectivity index (χ3n) is 4.39. The number of benzene rings is 1. The fourth-order valence-electron chi connectivity index (χ4n) is 3.11. The van der Waals surface area contributed by atoms with Crippen LogP contribution in [-0.4, -0.2) is 38.7 Å². The zero-order chi connectivity index (χ0) is 17.4. The van der Waals surface area contributed by atoms with Gasteiger partial charge in [0.15, 0.2) is 5.65 Å². The fourth-order valence-corrected chi connectivity index (χ4v) is 3.11.